The zero-order chi connectivity index (χ0) is 29.5. The summed E-state index contributed by atoms with van der Waals surface area (Å²) in [7, 11) is 4.22. The Balaban J connectivity index is 1.37. The van der Waals surface area contributed by atoms with Crippen molar-refractivity contribution < 1.29 is 9.53 Å². The van der Waals surface area contributed by atoms with Gasteiger partial charge in [-0.1, -0.05) is 12.8 Å². The molecular formula is C30H43N9O2S. The number of rotatable bonds is 12. The highest BCUT2D eigenvalue weighted by Gasteiger charge is 2.26. The number of anilines is 4. The van der Waals surface area contributed by atoms with Gasteiger partial charge in [-0.05, 0) is 76.8 Å². The average Bonchev–Trinajstić information content (AvgIpc) is 3.67. The molecule has 11 nitrogen and oxygen atoms in total. The Hall–Kier alpha value is -3.35. The zero-order valence-corrected chi connectivity index (χ0v) is 26.0. The van der Waals surface area contributed by atoms with Gasteiger partial charge in [0.15, 0.2) is 22.6 Å². The number of aromatic nitrogens is 4. The second-order valence-electron chi connectivity index (χ2n) is 11.2. The van der Waals surface area contributed by atoms with Gasteiger partial charge in [0, 0.05) is 67.5 Å². The number of aromatic amines is 1. The minimum atomic E-state index is 0.124. The number of nitrogens with zero attached hydrogens (tertiary/aromatic N) is 6. The molecule has 1 amide bonds. The number of carbonyl (C=O) groups excluding carboxylic acids is 1. The molecule has 1 aromatic carbocycles. The zero-order valence-electron chi connectivity index (χ0n) is 25.2. The van der Waals surface area contributed by atoms with Gasteiger partial charge in [0.1, 0.15) is 0 Å². The van der Waals surface area contributed by atoms with Crippen molar-refractivity contribution in [1.82, 2.24) is 30.0 Å². The van der Waals surface area contributed by atoms with Crippen molar-refractivity contribution in [2.75, 3.05) is 75.5 Å². The van der Waals surface area contributed by atoms with Gasteiger partial charge >= 0.3 is 0 Å². The van der Waals surface area contributed by atoms with Gasteiger partial charge < -0.3 is 25.2 Å². The number of benzene rings is 1. The number of piperazine rings is 1. The normalized spacial score (nSPS) is 16.3. The fraction of sp³-hybridized carbons (Fsp3) is 0.533. The van der Waals surface area contributed by atoms with E-state index in [4.69, 9.17) is 14.7 Å². The van der Waals surface area contributed by atoms with Gasteiger partial charge in [-0.25, -0.2) is 9.97 Å². The Morgan fingerprint density at radius 2 is 1.86 bits per heavy atom. The van der Waals surface area contributed by atoms with Crippen LogP contribution in [-0.4, -0.2) is 95.8 Å². The Morgan fingerprint density at radius 1 is 1.12 bits per heavy atom. The molecule has 0 bridgehead atoms. The van der Waals surface area contributed by atoms with E-state index in [2.05, 4.69) is 49.6 Å². The van der Waals surface area contributed by atoms with Crippen LogP contribution in [0.5, 0.6) is 5.75 Å². The molecule has 226 valence electrons. The standard InChI is InChI=1S/C30H43N9O2S/c1-5-41-26-27(32-25-20-21(2)35-36-25)33-30(34-28(26)39-18-16-38(17-19-39)15-14-37(3)4)42-24-12-10-23(11-13-24)31-29(40)22-8-6-7-9-22/h10-13,20,22H,5-9,14-19H2,1-4H3,(H,31,40)(H2,32,33,34,35,36). The van der Waals surface area contributed by atoms with E-state index >= 15 is 0 Å². The summed E-state index contributed by atoms with van der Waals surface area (Å²) in [5, 5.41) is 14.4. The van der Waals surface area contributed by atoms with Crippen LogP contribution in [0.2, 0.25) is 0 Å². The summed E-state index contributed by atoms with van der Waals surface area (Å²) in [6.07, 6.45) is 4.24. The van der Waals surface area contributed by atoms with Crippen LogP contribution in [0.3, 0.4) is 0 Å². The number of nitrogens with one attached hydrogen (secondary N) is 3. The van der Waals surface area contributed by atoms with Gasteiger partial charge in [-0.15, -0.1) is 0 Å². The molecule has 1 saturated carbocycles. The van der Waals surface area contributed by atoms with Crippen LogP contribution in [0.15, 0.2) is 40.4 Å². The maximum atomic E-state index is 12.6. The van der Waals surface area contributed by atoms with Crippen molar-refractivity contribution in [2.24, 2.45) is 5.92 Å². The first-order valence-corrected chi connectivity index (χ1v) is 15.7. The highest BCUT2D eigenvalue weighted by molar-refractivity contribution is 7.99. The first-order valence-electron chi connectivity index (χ1n) is 14.9. The van der Waals surface area contributed by atoms with Crippen LogP contribution in [0, 0.1) is 12.8 Å². The summed E-state index contributed by atoms with van der Waals surface area (Å²) in [4.78, 5) is 30.5. The summed E-state index contributed by atoms with van der Waals surface area (Å²) in [6, 6.07) is 9.84. The largest absolute Gasteiger partial charge is 0.487 e. The van der Waals surface area contributed by atoms with E-state index in [0.717, 1.165) is 87.0 Å². The lowest BCUT2D eigenvalue weighted by Gasteiger charge is -2.36. The van der Waals surface area contributed by atoms with Crippen LogP contribution in [0.4, 0.5) is 23.1 Å². The Morgan fingerprint density at radius 3 is 2.50 bits per heavy atom. The van der Waals surface area contributed by atoms with E-state index in [9.17, 15) is 4.79 Å². The highest BCUT2D eigenvalue weighted by atomic mass is 32.2. The Kier molecular flexibility index (Phi) is 10.2. The summed E-state index contributed by atoms with van der Waals surface area (Å²) in [6.45, 7) is 10.1. The van der Waals surface area contributed by atoms with E-state index in [1.165, 1.54) is 11.8 Å². The molecule has 5 rings (SSSR count). The molecule has 0 radical (unpaired) electrons. The molecule has 1 saturated heterocycles. The first kappa shape index (κ1) is 30.1. The van der Waals surface area contributed by atoms with Crippen molar-refractivity contribution in [1.29, 1.82) is 0 Å². The number of ether oxygens (including phenoxy) is 1. The quantitative estimate of drug-likeness (QED) is 0.257. The third kappa shape index (κ3) is 7.93. The van der Waals surface area contributed by atoms with Crippen molar-refractivity contribution in [2.45, 2.75) is 49.6 Å². The first-order chi connectivity index (χ1) is 20.4. The predicted molar refractivity (Wildman–Crippen MR) is 168 cm³/mol. The maximum absolute atomic E-state index is 12.6. The molecule has 3 N–H and O–H groups in total. The smallest absolute Gasteiger partial charge is 0.227 e. The number of amides is 1. The molecule has 2 fully saturated rings. The molecule has 3 heterocycles. The average molecular weight is 594 g/mol. The fourth-order valence-corrected chi connectivity index (χ4v) is 6.06. The maximum Gasteiger partial charge on any atom is 0.227 e. The molecule has 3 aromatic rings. The van der Waals surface area contributed by atoms with Crippen LogP contribution in [0.25, 0.3) is 0 Å². The lowest BCUT2D eigenvalue weighted by molar-refractivity contribution is -0.119. The SMILES string of the molecule is CCOc1c(Nc2cc(C)[nH]n2)nc(Sc2ccc(NC(=O)C3CCCC3)cc2)nc1N1CCN(CCN(C)C)CC1. The van der Waals surface area contributed by atoms with Gasteiger partial charge in [0.25, 0.3) is 0 Å². The predicted octanol–water partition coefficient (Wildman–Crippen LogP) is 4.61. The molecule has 0 atom stereocenters. The van der Waals surface area contributed by atoms with E-state index in [-0.39, 0.29) is 11.8 Å². The topological polar surface area (TPSA) is 115 Å². The Bertz CT molecular complexity index is 1320. The van der Waals surface area contributed by atoms with Crippen molar-refractivity contribution in [3.63, 3.8) is 0 Å². The minimum absolute atomic E-state index is 0.124. The van der Waals surface area contributed by atoms with E-state index < -0.39 is 0 Å². The fourth-order valence-electron chi connectivity index (χ4n) is 5.31. The Labute approximate surface area is 252 Å². The summed E-state index contributed by atoms with van der Waals surface area (Å²) in [5.41, 5.74) is 1.77. The van der Waals surface area contributed by atoms with Gasteiger partial charge in [-0.3, -0.25) is 14.8 Å². The molecule has 0 spiro atoms. The van der Waals surface area contributed by atoms with E-state index in [1.807, 2.05) is 44.2 Å². The van der Waals surface area contributed by atoms with Crippen LogP contribution >= 0.6 is 11.8 Å². The molecule has 2 aromatic heterocycles. The second-order valence-corrected chi connectivity index (χ2v) is 12.3. The summed E-state index contributed by atoms with van der Waals surface area (Å²) >= 11 is 1.49. The number of hydrogen-bond donors (Lipinski definition) is 3. The third-order valence-electron chi connectivity index (χ3n) is 7.66. The summed E-state index contributed by atoms with van der Waals surface area (Å²) < 4.78 is 6.17. The van der Waals surface area contributed by atoms with E-state index in [1.54, 1.807) is 0 Å². The molecule has 0 unspecified atom stereocenters. The third-order valence-corrected chi connectivity index (χ3v) is 8.53. The van der Waals surface area contributed by atoms with Crippen molar-refractivity contribution >= 4 is 40.8 Å². The van der Waals surface area contributed by atoms with Gasteiger partial charge in [0.2, 0.25) is 11.7 Å². The molecule has 42 heavy (non-hydrogen) atoms. The molecule has 2 aliphatic rings. The number of aryl methyl sites for hydroxylation is 1. The lowest BCUT2D eigenvalue weighted by Crippen LogP contribution is -2.48. The van der Waals surface area contributed by atoms with Crippen molar-refractivity contribution in [3.05, 3.63) is 36.0 Å². The summed E-state index contributed by atoms with van der Waals surface area (Å²) in [5.74, 6) is 2.94. The minimum Gasteiger partial charge on any atom is -0.487 e. The van der Waals surface area contributed by atoms with Crippen molar-refractivity contribution in [3.8, 4) is 5.75 Å². The van der Waals surface area contributed by atoms with Crippen LogP contribution in [-0.2, 0) is 4.79 Å². The van der Waals surface area contributed by atoms with E-state index in [0.29, 0.717) is 29.1 Å². The molecule has 1 aliphatic heterocycles. The number of H-pyrrole nitrogens is 1. The number of hydrogen-bond acceptors (Lipinski definition) is 10. The van der Waals surface area contributed by atoms with Gasteiger partial charge in [-0.2, -0.15) is 5.10 Å². The van der Waals surface area contributed by atoms with Crippen LogP contribution in [0.1, 0.15) is 38.3 Å². The highest BCUT2D eigenvalue weighted by Crippen LogP contribution is 2.39. The number of carbonyl (C=O) groups is 1. The molecule has 1 aliphatic carbocycles. The molecule has 12 heteroatoms. The van der Waals surface area contributed by atoms with Gasteiger partial charge in [0.05, 0.1) is 6.61 Å². The number of likely N-dealkylation sites (N-methyl/N-ethyl adjacent to an activating group) is 1. The second kappa shape index (κ2) is 14.2. The van der Waals surface area contributed by atoms with Crippen LogP contribution < -0.4 is 20.3 Å². The lowest BCUT2D eigenvalue weighted by atomic mass is 10.1. The monoisotopic (exact) mass is 593 g/mol. The molecular weight excluding hydrogens is 550 g/mol.